The van der Waals surface area contributed by atoms with Gasteiger partial charge in [-0.2, -0.15) is 5.10 Å². The molecule has 0 fully saturated rings. The third-order valence-electron chi connectivity index (χ3n) is 3.40. The quantitative estimate of drug-likeness (QED) is 0.818. The first-order valence-electron chi connectivity index (χ1n) is 7.49. The second kappa shape index (κ2) is 7.05. The lowest BCUT2D eigenvalue weighted by molar-refractivity contribution is 0.0150. The zero-order valence-corrected chi connectivity index (χ0v) is 13.5. The Hall–Kier alpha value is -1.69. The van der Waals surface area contributed by atoms with Gasteiger partial charge in [0, 0.05) is 38.4 Å². The molecule has 0 aliphatic rings. The van der Waals surface area contributed by atoms with E-state index < -0.39 is 11.7 Å². The van der Waals surface area contributed by atoms with Gasteiger partial charge < -0.3 is 10.2 Å². The van der Waals surface area contributed by atoms with Crippen molar-refractivity contribution < 1.29 is 10.2 Å². The van der Waals surface area contributed by atoms with Crippen molar-refractivity contribution in [1.82, 2.24) is 14.7 Å². The van der Waals surface area contributed by atoms with Crippen molar-refractivity contribution in [2.45, 2.75) is 32.1 Å². The van der Waals surface area contributed by atoms with Crippen LogP contribution in [0.4, 0.5) is 0 Å². The van der Waals surface area contributed by atoms with Crippen molar-refractivity contribution in [1.29, 1.82) is 0 Å². The van der Waals surface area contributed by atoms with Crippen molar-refractivity contribution in [3.63, 3.8) is 0 Å². The summed E-state index contributed by atoms with van der Waals surface area (Å²) in [5.74, 6) is 0. The van der Waals surface area contributed by atoms with Gasteiger partial charge in [-0.1, -0.05) is 30.3 Å². The minimum Gasteiger partial charge on any atom is -0.389 e. The number of aliphatic hydroxyl groups excluding tert-OH is 1. The van der Waals surface area contributed by atoms with Crippen molar-refractivity contribution >= 4 is 0 Å². The molecule has 0 radical (unpaired) electrons. The number of aliphatic hydroxyl groups is 2. The second-order valence-electron chi connectivity index (χ2n) is 6.43. The average molecular weight is 303 g/mol. The van der Waals surface area contributed by atoms with E-state index >= 15 is 0 Å². The Labute approximate surface area is 131 Å². The molecular weight excluding hydrogens is 278 g/mol. The van der Waals surface area contributed by atoms with Crippen LogP contribution in [0, 0.1) is 0 Å². The molecule has 120 valence electrons. The van der Waals surface area contributed by atoms with Crippen molar-refractivity contribution in [3.05, 3.63) is 53.9 Å². The van der Waals surface area contributed by atoms with Gasteiger partial charge in [-0.05, 0) is 19.4 Å². The van der Waals surface area contributed by atoms with Gasteiger partial charge in [0.15, 0.2) is 0 Å². The smallest absolute Gasteiger partial charge is 0.0947 e. The van der Waals surface area contributed by atoms with Crippen LogP contribution in [0.15, 0.2) is 42.7 Å². The van der Waals surface area contributed by atoms with Crippen LogP contribution in [0.1, 0.15) is 31.1 Å². The highest BCUT2D eigenvalue weighted by Crippen LogP contribution is 2.17. The predicted molar refractivity (Wildman–Crippen MR) is 86.2 cm³/mol. The molecule has 1 aromatic heterocycles. The van der Waals surface area contributed by atoms with Crippen LogP contribution < -0.4 is 0 Å². The van der Waals surface area contributed by atoms with Crippen LogP contribution in [0.25, 0.3) is 0 Å². The lowest BCUT2D eigenvalue weighted by Crippen LogP contribution is -2.40. The minimum absolute atomic E-state index is 0.449. The second-order valence-corrected chi connectivity index (χ2v) is 6.43. The van der Waals surface area contributed by atoms with E-state index in [1.54, 1.807) is 24.7 Å². The predicted octanol–water partition coefficient (Wildman–Crippen LogP) is 1.73. The van der Waals surface area contributed by atoms with Gasteiger partial charge in [-0.3, -0.25) is 9.58 Å². The molecule has 1 unspecified atom stereocenters. The molecule has 1 aromatic carbocycles. The number of hydrogen-bond acceptors (Lipinski definition) is 4. The number of aryl methyl sites for hydroxylation is 1. The monoisotopic (exact) mass is 303 g/mol. The van der Waals surface area contributed by atoms with E-state index in [0.717, 1.165) is 11.1 Å². The van der Waals surface area contributed by atoms with Gasteiger partial charge in [0.05, 0.1) is 17.9 Å². The molecule has 0 aliphatic heterocycles. The summed E-state index contributed by atoms with van der Waals surface area (Å²) in [6, 6.07) is 10.1. The molecule has 1 heterocycles. The topological polar surface area (TPSA) is 61.5 Å². The first-order chi connectivity index (χ1) is 10.3. The number of rotatable bonds is 7. The standard InChI is InChI=1S/C17H25N3O2/c1-17(2,22)13-20(10-14-7-5-4-6-8-14)12-16(21)15-9-18-19(3)11-15/h4-9,11,16,21-22H,10,12-13H2,1-3H3. The fraction of sp³-hybridized carbons (Fsp3) is 0.471. The molecule has 0 aliphatic carbocycles. The third-order valence-corrected chi connectivity index (χ3v) is 3.40. The number of aromatic nitrogens is 2. The highest BCUT2D eigenvalue weighted by atomic mass is 16.3. The maximum Gasteiger partial charge on any atom is 0.0947 e. The molecule has 0 saturated heterocycles. The average Bonchev–Trinajstić information content (AvgIpc) is 2.84. The van der Waals surface area contributed by atoms with Crippen molar-refractivity contribution in [2.75, 3.05) is 13.1 Å². The van der Waals surface area contributed by atoms with Crippen LogP contribution in [0.5, 0.6) is 0 Å². The molecule has 0 bridgehead atoms. The first-order valence-corrected chi connectivity index (χ1v) is 7.49. The van der Waals surface area contributed by atoms with Gasteiger partial charge in [0.2, 0.25) is 0 Å². The molecule has 0 amide bonds. The van der Waals surface area contributed by atoms with Gasteiger partial charge >= 0.3 is 0 Å². The zero-order valence-electron chi connectivity index (χ0n) is 13.5. The fourth-order valence-corrected chi connectivity index (χ4v) is 2.54. The van der Waals surface area contributed by atoms with Gasteiger partial charge in [-0.25, -0.2) is 0 Å². The van der Waals surface area contributed by atoms with E-state index in [2.05, 4.69) is 10.00 Å². The number of hydrogen-bond donors (Lipinski definition) is 2. The third kappa shape index (κ3) is 5.26. The SMILES string of the molecule is Cn1cc(C(O)CN(Cc2ccccc2)CC(C)(C)O)cn1. The van der Waals surface area contributed by atoms with Crippen LogP contribution in [0.2, 0.25) is 0 Å². The maximum atomic E-state index is 10.4. The summed E-state index contributed by atoms with van der Waals surface area (Å²) in [4.78, 5) is 2.06. The lowest BCUT2D eigenvalue weighted by Gasteiger charge is -2.30. The minimum atomic E-state index is -0.816. The molecule has 0 saturated carbocycles. The van der Waals surface area contributed by atoms with Crippen LogP contribution in [0.3, 0.4) is 0 Å². The summed E-state index contributed by atoms with van der Waals surface area (Å²) in [5, 5.41) is 24.6. The molecule has 1 atom stereocenters. The molecule has 2 N–H and O–H groups in total. The molecular formula is C17H25N3O2. The normalized spacial score (nSPS) is 13.5. The van der Waals surface area contributed by atoms with E-state index in [1.165, 1.54) is 0 Å². The lowest BCUT2D eigenvalue weighted by atomic mass is 10.1. The van der Waals surface area contributed by atoms with E-state index in [1.807, 2.05) is 43.6 Å². The molecule has 2 rings (SSSR count). The Kier molecular flexibility index (Phi) is 5.34. The summed E-state index contributed by atoms with van der Waals surface area (Å²) >= 11 is 0. The van der Waals surface area contributed by atoms with Gasteiger partial charge in [0.1, 0.15) is 0 Å². The summed E-state index contributed by atoms with van der Waals surface area (Å²) < 4.78 is 1.68. The van der Waals surface area contributed by atoms with E-state index in [-0.39, 0.29) is 0 Å². The van der Waals surface area contributed by atoms with E-state index in [0.29, 0.717) is 19.6 Å². The molecule has 22 heavy (non-hydrogen) atoms. The Bertz CT molecular complexity index is 575. The maximum absolute atomic E-state index is 10.4. The van der Waals surface area contributed by atoms with Crippen molar-refractivity contribution in [2.24, 2.45) is 7.05 Å². The van der Waals surface area contributed by atoms with Crippen LogP contribution >= 0.6 is 0 Å². The molecule has 0 spiro atoms. The van der Waals surface area contributed by atoms with Gasteiger partial charge in [-0.15, -0.1) is 0 Å². The zero-order chi connectivity index (χ0) is 16.2. The van der Waals surface area contributed by atoms with E-state index in [9.17, 15) is 10.2 Å². The Balaban J connectivity index is 2.07. The number of benzene rings is 1. The Morgan fingerprint density at radius 1 is 1.27 bits per heavy atom. The highest BCUT2D eigenvalue weighted by molar-refractivity contribution is 5.15. The molecule has 2 aromatic rings. The summed E-state index contributed by atoms with van der Waals surface area (Å²) in [5.41, 5.74) is 1.13. The first kappa shape index (κ1) is 16.7. The number of nitrogens with zero attached hydrogens (tertiary/aromatic N) is 3. The summed E-state index contributed by atoms with van der Waals surface area (Å²) in [7, 11) is 1.83. The molecule has 5 nitrogen and oxygen atoms in total. The Morgan fingerprint density at radius 3 is 2.50 bits per heavy atom. The van der Waals surface area contributed by atoms with Crippen molar-refractivity contribution in [3.8, 4) is 0 Å². The van der Waals surface area contributed by atoms with Crippen LogP contribution in [-0.4, -0.2) is 43.6 Å². The van der Waals surface area contributed by atoms with E-state index in [4.69, 9.17) is 0 Å². The fourth-order valence-electron chi connectivity index (χ4n) is 2.54. The molecule has 5 heteroatoms. The van der Waals surface area contributed by atoms with Gasteiger partial charge in [0.25, 0.3) is 0 Å². The Morgan fingerprint density at radius 2 is 1.95 bits per heavy atom. The van der Waals surface area contributed by atoms with Crippen LogP contribution in [-0.2, 0) is 13.6 Å². The largest absolute Gasteiger partial charge is 0.389 e. The summed E-state index contributed by atoms with van der Waals surface area (Å²) in [6.45, 7) is 5.18. The highest BCUT2D eigenvalue weighted by Gasteiger charge is 2.22. The summed E-state index contributed by atoms with van der Waals surface area (Å²) in [6.07, 6.45) is 2.87.